The molecule has 1 saturated heterocycles. The molecule has 24 heavy (non-hydrogen) atoms. The van der Waals surface area contributed by atoms with Gasteiger partial charge < -0.3 is 20.9 Å². The molecule has 7 heteroatoms. The van der Waals surface area contributed by atoms with Crippen LogP contribution in [0.5, 0.6) is 0 Å². The van der Waals surface area contributed by atoms with E-state index in [2.05, 4.69) is 20.9 Å². The lowest BCUT2D eigenvalue weighted by Gasteiger charge is -2.33. The number of fused-ring (bicyclic) bond motifs is 3. The van der Waals surface area contributed by atoms with Crippen molar-refractivity contribution in [3.8, 4) is 0 Å². The Morgan fingerprint density at radius 1 is 1.33 bits per heavy atom. The Kier molecular flexibility index (Phi) is 4.69. The van der Waals surface area contributed by atoms with Gasteiger partial charge in [-0.3, -0.25) is 14.4 Å². The largest absolute Gasteiger partial charge is 0.358 e. The van der Waals surface area contributed by atoms with Crippen LogP contribution in [0.15, 0.2) is 18.2 Å². The predicted octanol–water partition coefficient (Wildman–Crippen LogP) is 0.863. The molecule has 1 atom stereocenters. The van der Waals surface area contributed by atoms with E-state index >= 15 is 0 Å². The minimum absolute atomic E-state index is 0.0171. The number of carbonyl (C=O) groups excluding carboxylic acids is 3. The molecule has 0 spiro atoms. The van der Waals surface area contributed by atoms with Gasteiger partial charge in [0.05, 0.1) is 17.9 Å². The number of carbonyl (C=O) groups is 3. The topological polar surface area (TPSA) is 90.5 Å². The van der Waals surface area contributed by atoms with E-state index in [4.69, 9.17) is 0 Å². The molecule has 1 aromatic carbocycles. The Labute approximate surface area is 140 Å². The van der Waals surface area contributed by atoms with Gasteiger partial charge >= 0.3 is 0 Å². The average molecular weight is 330 g/mol. The number of nitrogens with zero attached hydrogens (tertiary/aromatic N) is 1. The fraction of sp³-hybridized carbons (Fsp3) is 0.471. The number of rotatable bonds is 5. The first-order chi connectivity index (χ1) is 11.6. The molecule has 0 aliphatic carbocycles. The lowest BCUT2D eigenvalue weighted by atomic mass is 10.1. The van der Waals surface area contributed by atoms with Crippen molar-refractivity contribution in [2.75, 3.05) is 29.9 Å². The van der Waals surface area contributed by atoms with E-state index in [9.17, 15) is 14.4 Å². The number of nitrogens with one attached hydrogen (secondary N) is 3. The molecule has 2 aliphatic heterocycles. The third-order valence-electron chi connectivity index (χ3n) is 4.36. The van der Waals surface area contributed by atoms with Crippen LogP contribution >= 0.6 is 0 Å². The Morgan fingerprint density at radius 3 is 2.96 bits per heavy atom. The Balaban J connectivity index is 1.68. The highest BCUT2D eigenvalue weighted by molar-refractivity contribution is 6.06. The van der Waals surface area contributed by atoms with Gasteiger partial charge in [-0.2, -0.15) is 0 Å². The summed E-state index contributed by atoms with van der Waals surface area (Å²) in [5.74, 6) is -0.560. The number of hydrogen-bond donors (Lipinski definition) is 3. The molecule has 0 saturated carbocycles. The molecule has 7 nitrogen and oxygen atoms in total. The van der Waals surface area contributed by atoms with E-state index in [0.29, 0.717) is 17.8 Å². The molecule has 3 rings (SSSR count). The van der Waals surface area contributed by atoms with Gasteiger partial charge in [-0.1, -0.05) is 6.92 Å². The van der Waals surface area contributed by atoms with Gasteiger partial charge in [-0.15, -0.1) is 0 Å². The van der Waals surface area contributed by atoms with Crippen molar-refractivity contribution >= 4 is 29.1 Å². The molecule has 0 aromatic heterocycles. The fourth-order valence-corrected chi connectivity index (χ4v) is 3.16. The van der Waals surface area contributed by atoms with Crippen LogP contribution in [-0.2, 0) is 9.59 Å². The zero-order valence-corrected chi connectivity index (χ0v) is 13.7. The smallest absolute Gasteiger partial charge is 0.251 e. The van der Waals surface area contributed by atoms with Gasteiger partial charge in [-0.25, -0.2) is 0 Å². The van der Waals surface area contributed by atoms with Gasteiger partial charge in [-0.05, 0) is 37.5 Å². The lowest BCUT2D eigenvalue weighted by molar-refractivity contribution is -0.120. The highest BCUT2D eigenvalue weighted by Crippen LogP contribution is 2.37. The van der Waals surface area contributed by atoms with Crippen molar-refractivity contribution in [1.82, 2.24) is 10.6 Å². The van der Waals surface area contributed by atoms with Crippen LogP contribution in [0.25, 0.3) is 0 Å². The molecule has 128 valence electrons. The summed E-state index contributed by atoms with van der Waals surface area (Å²) in [6.45, 7) is 3.35. The van der Waals surface area contributed by atoms with Crippen molar-refractivity contribution in [3.63, 3.8) is 0 Å². The second-order valence-corrected chi connectivity index (χ2v) is 6.11. The van der Waals surface area contributed by atoms with Crippen molar-refractivity contribution < 1.29 is 14.4 Å². The first-order valence-corrected chi connectivity index (χ1v) is 8.36. The van der Waals surface area contributed by atoms with Crippen LogP contribution in [0.4, 0.5) is 11.4 Å². The highest BCUT2D eigenvalue weighted by atomic mass is 16.2. The average Bonchev–Trinajstić information content (AvgIpc) is 3.08. The van der Waals surface area contributed by atoms with Crippen LogP contribution < -0.4 is 20.9 Å². The van der Waals surface area contributed by atoms with Crippen molar-refractivity contribution in [2.24, 2.45) is 0 Å². The van der Waals surface area contributed by atoms with E-state index in [-0.39, 0.29) is 30.3 Å². The van der Waals surface area contributed by atoms with Gasteiger partial charge in [0.15, 0.2) is 0 Å². The van der Waals surface area contributed by atoms with Gasteiger partial charge in [0.2, 0.25) is 11.8 Å². The summed E-state index contributed by atoms with van der Waals surface area (Å²) < 4.78 is 0. The number of hydrogen-bond acceptors (Lipinski definition) is 4. The Morgan fingerprint density at radius 2 is 2.17 bits per heavy atom. The number of benzene rings is 1. The predicted molar refractivity (Wildman–Crippen MR) is 91.1 cm³/mol. The Bertz CT molecular complexity index is 674. The van der Waals surface area contributed by atoms with Crippen molar-refractivity contribution in [1.29, 1.82) is 0 Å². The van der Waals surface area contributed by atoms with Crippen LogP contribution in [0.2, 0.25) is 0 Å². The standard InChI is InChI=1S/C17H22N4O3/c1-2-7-18-15(22)10-19-16(23)11-5-6-13-12(9-11)20-17(24)14-4-3-8-21(13)14/h5-6,9,14H,2-4,7-8,10H2,1H3,(H,18,22)(H,19,23)(H,20,24)/t14-/m1/s1. The summed E-state index contributed by atoms with van der Waals surface area (Å²) in [5.41, 5.74) is 2.03. The van der Waals surface area contributed by atoms with Gasteiger partial charge in [0, 0.05) is 18.7 Å². The maximum atomic E-state index is 12.2. The quantitative estimate of drug-likeness (QED) is 0.747. The molecule has 3 amide bonds. The number of amides is 3. The summed E-state index contributed by atoms with van der Waals surface area (Å²) in [7, 11) is 0. The molecule has 1 aromatic rings. The maximum absolute atomic E-state index is 12.2. The molecule has 3 N–H and O–H groups in total. The molecular formula is C17H22N4O3. The summed E-state index contributed by atoms with van der Waals surface area (Å²) >= 11 is 0. The molecular weight excluding hydrogens is 308 g/mol. The molecule has 0 bridgehead atoms. The summed E-state index contributed by atoms with van der Waals surface area (Å²) in [5, 5.41) is 8.18. The van der Waals surface area contributed by atoms with E-state index in [1.807, 2.05) is 13.0 Å². The van der Waals surface area contributed by atoms with Gasteiger partial charge in [0.1, 0.15) is 6.04 Å². The van der Waals surface area contributed by atoms with E-state index in [1.54, 1.807) is 12.1 Å². The van der Waals surface area contributed by atoms with Crippen LogP contribution in [-0.4, -0.2) is 43.4 Å². The van der Waals surface area contributed by atoms with Crippen LogP contribution in [0.3, 0.4) is 0 Å². The SMILES string of the molecule is CCCNC(=O)CNC(=O)c1ccc2c(c1)NC(=O)[C@H]1CCCN21. The van der Waals surface area contributed by atoms with Crippen molar-refractivity contribution in [2.45, 2.75) is 32.2 Å². The minimum atomic E-state index is -0.331. The van der Waals surface area contributed by atoms with E-state index in [1.165, 1.54) is 0 Å². The lowest BCUT2D eigenvalue weighted by Crippen LogP contribution is -2.44. The molecule has 0 unspecified atom stereocenters. The first kappa shape index (κ1) is 16.3. The zero-order chi connectivity index (χ0) is 17.1. The molecule has 1 fully saturated rings. The fourth-order valence-electron chi connectivity index (χ4n) is 3.16. The van der Waals surface area contributed by atoms with E-state index in [0.717, 1.165) is 31.5 Å². The molecule has 2 aliphatic rings. The van der Waals surface area contributed by atoms with Crippen molar-refractivity contribution in [3.05, 3.63) is 23.8 Å². The number of anilines is 2. The van der Waals surface area contributed by atoms with Crippen LogP contribution in [0.1, 0.15) is 36.5 Å². The summed E-state index contributed by atoms with van der Waals surface area (Å²) in [6, 6.07) is 5.16. The van der Waals surface area contributed by atoms with E-state index < -0.39 is 0 Å². The zero-order valence-electron chi connectivity index (χ0n) is 13.7. The third kappa shape index (κ3) is 3.20. The minimum Gasteiger partial charge on any atom is -0.358 e. The van der Waals surface area contributed by atoms with Crippen LogP contribution in [0, 0.1) is 0 Å². The molecule has 0 radical (unpaired) electrons. The third-order valence-corrected chi connectivity index (χ3v) is 4.36. The normalized spacial score (nSPS) is 18.5. The maximum Gasteiger partial charge on any atom is 0.251 e. The highest BCUT2D eigenvalue weighted by Gasteiger charge is 2.36. The van der Waals surface area contributed by atoms with Gasteiger partial charge in [0.25, 0.3) is 5.91 Å². The second-order valence-electron chi connectivity index (χ2n) is 6.11. The first-order valence-electron chi connectivity index (χ1n) is 8.36. The summed E-state index contributed by atoms with van der Waals surface area (Å²) in [4.78, 5) is 38.0. The Hall–Kier alpha value is -2.57. The molecule has 2 heterocycles. The monoisotopic (exact) mass is 330 g/mol. The second kappa shape index (κ2) is 6.90. The summed E-state index contributed by atoms with van der Waals surface area (Å²) in [6.07, 6.45) is 2.70.